The fourth-order valence-corrected chi connectivity index (χ4v) is 2.27. The average Bonchev–Trinajstić information content (AvgIpc) is 3.16. The quantitative estimate of drug-likeness (QED) is 0.854. The second kappa shape index (κ2) is 5.29. The highest BCUT2D eigenvalue weighted by atomic mass is 19.1. The summed E-state index contributed by atoms with van der Waals surface area (Å²) in [5.74, 6) is -0.0289. The highest BCUT2D eigenvalue weighted by molar-refractivity contribution is 5.86. The number of carbonyl (C=O) groups is 1. The Kier molecular flexibility index (Phi) is 3.90. The van der Waals surface area contributed by atoms with E-state index in [4.69, 9.17) is 5.73 Å². The lowest BCUT2D eigenvalue weighted by Gasteiger charge is -2.25. The number of amides is 1. The molecule has 0 aliphatic heterocycles. The summed E-state index contributed by atoms with van der Waals surface area (Å²) in [6.45, 7) is 3.73. The summed E-state index contributed by atoms with van der Waals surface area (Å²) in [6.07, 6.45) is 2.74. The number of nitrogens with one attached hydrogen (secondary N) is 1. The summed E-state index contributed by atoms with van der Waals surface area (Å²) in [4.78, 5) is 12.1. The summed E-state index contributed by atoms with van der Waals surface area (Å²) in [7, 11) is 0. The third kappa shape index (κ3) is 3.53. The number of halogens is 1. The van der Waals surface area contributed by atoms with Gasteiger partial charge in [-0.3, -0.25) is 4.79 Å². The van der Waals surface area contributed by atoms with Crippen LogP contribution >= 0.6 is 0 Å². The molecule has 104 valence electrons. The van der Waals surface area contributed by atoms with Gasteiger partial charge in [0.25, 0.3) is 0 Å². The van der Waals surface area contributed by atoms with Crippen molar-refractivity contribution in [1.29, 1.82) is 0 Å². The van der Waals surface area contributed by atoms with Crippen LogP contribution in [0.2, 0.25) is 0 Å². The van der Waals surface area contributed by atoms with Crippen LogP contribution in [0.1, 0.15) is 32.3 Å². The minimum Gasteiger partial charge on any atom is -0.352 e. The second-order valence-electron chi connectivity index (χ2n) is 5.76. The minimum atomic E-state index is -0.767. The first-order valence-electron chi connectivity index (χ1n) is 6.74. The fourth-order valence-electron chi connectivity index (χ4n) is 2.27. The third-order valence-electron chi connectivity index (χ3n) is 3.75. The molecule has 1 aliphatic rings. The van der Waals surface area contributed by atoms with Crippen molar-refractivity contribution in [2.45, 2.75) is 44.7 Å². The molecule has 0 aromatic heterocycles. The van der Waals surface area contributed by atoms with Gasteiger partial charge in [0, 0.05) is 6.04 Å². The molecule has 3 nitrogen and oxygen atoms in total. The van der Waals surface area contributed by atoms with E-state index in [1.807, 2.05) is 6.92 Å². The second-order valence-corrected chi connectivity index (χ2v) is 5.76. The third-order valence-corrected chi connectivity index (χ3v) is 3.75. The molecule has 1 saturated carbocycles. The maximum Gasteiger partial charge on any atom is 0.240 e. The van der Waals surface area contributed by atoms with Crippen molar-refractivity contribution in [3.63, 3.8) is 0 Å². The van der Waals surface area contributed by atoms with Gasteiger partial charge in [0.05, 0.1) is 5.54 Å². The van der Waals surface area contributed by atoms with Crippen LogP contribution in [0.15, 0.2) is 24.3 Å². The van der Waals surface area contributed by atoms with E-state index < -0.39 is 5.54 Å². The zero-order valence-electron chi connectivity index (χ0n) is 11.4. The molecule has 2 unspecified atom stereocenters. The van der Waals surface area contributed by atoms with Gasteiger partial charge < -0.3 is 11.1 Å². The van der Waals surface area contributed by atoms with E-state index >= 15 is 0 Å². The molecule has 1 aromatic carbocycles. The Labute approximate surface area is 113 Å². The zero-order chi connectivity index (χ0) is 14.0. The number of hydrogen-bond acceptors (Lipinski definition) is 2. The molecule has 1 amide bonds. The van der Waals surface area contributed by atoms with Crippen molar-refractivity contribution < 1.29 is 9.18 Å². The van der Waals surface area contributed by atoms with Gasteiger partial charge in [-0.25, -0.2) is 4.39 Å². The largest absolute Gasteiger partial charge is 0.352 e. The summed E-state index contributed by atoms with van der Waals surface area (Å²) in [5, 5.41) is 2.95. The van der Waals surface area contributed by atoms with E-state index in [1.54, 1.807) is 19.1 Å². The summed E-state index contributed by atoms with van der Waals surface area (Å²) in [5.41, 5.74) is 6.30. The maximum absolute atomic E-state index is 12.8. The first-order valence-corrected chi connectivity index (χ1v) is 6.74. The van der Waals surface area contributed by atoms with Gasteiger partial charge in [-0.1, -0.05) is 12.1 Å². The molecule has 0 saturated heterocycles. The Morgan fingerprint density at radius 3 is 2.58 bits per heavy atom. The van der Waals surface area contributed by atoms with Gasteiger partial charge in [-0.15, -0.1) is 0 Å². The van der Waals surface area contributed by atoms with Crippen LogP contribution in [0.5, 0.6) is 0 Å². The molecule has 1 aromatic rings. The molecule has 1 aliphatic carbocycles. The molecular formula is C15H21FN2O. The minimum absolute atomic E-state index is 0.0143. The lowest BCUT2D eigenvalue weighted by molar-refractivity contribution is -0.127. The molecular weight excluding hydrogens is 243 g/mol. The van der Waals surface area contributed by atoms with Gasteiger partial charge in [-0.05, 0) is 56.7 Å². The highest BCUT2D eigenvalue weighted by Crippen LogP contribution is 2.38. The Morgan fingerprint density at radius 1 is 1.47 bits per heavy atom. The van der Waals surface area contributed by atoms with Gasteiger partial charge in [0.2, 0.25) is 5.91 Å². The molecule has 2 rings (SSSR count). The normalized spacial score (nSPS) is 19.6. The predicted octanol–water partition coefficient (Wildman–Crippen LogP) is 2.00. The first-order chi connectivity index (χ1) is 8.89. The average molecular weight is 264 g/mol. The van der Waals surface area contributed by atoms with E-state index in [9.17, 15) is 9.18 Å². The van der Waals surface area contributed by atoms with Crippen molar-refractivity contribution in [2.75, 3.05) is 0 Å². The highest BCUT2D eigenvalue weighted by Gasteiger charge is 2.44. The summed E-state index contributed by atoms with van der Waals surface area (Å²) in [6, 6.07) is 6.32. The Morgan fingerprint density at radius 2 is 2.05 bits per heavy atom. The van der Waals surface area contributed by atoms with Gasteiger partial charge in [0.1, 0.15) is 5.82 Å². The number of carbonyl (C=O) groups excluding carboxylic acids is 1. The molecule has 0 spiro atoms. The SMILES string of the molecule is CC(Cc1ccc(F)cc1)NC(=O)C(C)(N)C1CC1. The first kappa shape index (κ1) is 14.0. The van der Waals surface area contributed by atoms with Crippen molar-refractivity contribution in [1.82, 2.24) is 5.32 Å². The van der Waals surface area contributed by atoms with Crippen LogP contribution in [-0.4, -0.2) is 17.5 Å². The summed E-state index contributed by atoms with van der Waals surface area (Å²) < 4.78 is 12.8. The Balaban J connectivity index is 1.88. The molecule has 2 atom stereocenters. The molecule has 0 heterocycles. The van der Waals surface area contributed by atoms with Crippen LogP contribution < -0.4 is 11.1 Å². The molecule has 0 bridgehead atoms. The van der Waals surface area contributed by atoms with Crippen LogP contribution in [0.3, 0.4) is 0 Å². The Bertz CT molecular complexity index is 452. The monoisotopic (exact) mass is 264 g/mol. The van der Waals surface area contributed by atoms with Crippen LogP contribution in [-0.2, 0) is 11.2 Å². The predicted molar refractivity (Wildman–Crippen MR) is 73.0 cm³/mol. The molecule has 4 heteroatoms. The van der Waals surface area contributed by atoms with Crippen molar-refractivity contribution >= 4 is 5.91 Å². The van der Waals surface area contributed by atoms with Gasteiger partial charge in [-0.2, -0.15) is 0 Å². The molecule has 1 fully saturated rings. The fraction of sp³-hybridized carbons (Fsp3) is 0.533. The Hall–Kier alpha value is -1.42. The van der Waals surface area contributed by atoms with Crippen LogP contribution in [0, 0.1) is 11.7 Å². The maximum atomic E-state index is 12.8. The number of rotatable bonds is 5. The van der Waals surface area contributed by atoms with Crippen molar-refractivity contribution in [2.24, 2.45) is 11.7 Å². The van der Waals surface area contributed by atoms with Crippen LogP contribution in [0.4, 0.5) is 4.39 Å². The lowest BCUT2D eigenvalue weighted by atomic mass is 9.95. The summed E-state index contributed by atoms with van der Waals surface area (Å²) >= 11 is 0. The van der Waals surface area contributed by atoms with Gasteiger partial charge >= 0.3 is 0 Å². The molecule has 19 heavy (non-hydrogen) atoms. The number of benzene rings is 1. The molecule has 3 N–H and O–H groups in total. The standard InChI is InChI=1S/C15H21FN2O/c1-10(9-11-3-7-13(16)8-4-11)18-14(19)15(2,17)12-5-6-12/h3-4,7-8,10,12H,5-6,9,17H2,1-2H3,(H,18,19). The molecule has 0 radical (unpaired) electrons. The van der Waals surface area contributed by atoms with E-state index in [2.05, 4.69) is 5.32 Å². The van der Waals surface area contributed by atoms with E-state index in [-0.39, 0.29) is 17.8 Å². The van der Waals surface area contributed by atoms with Crippen molar-refractivity contribution in [3.05, 3.63) is 35.6 Å². The number of nitrogens with two attached hydrogens (primary N) is 1. The van der Waals surface area contributed by atoms with Crippen molar-refractivity contribution in [3.8, 4) is 0 Å². The zero-order valence-corrected chi connectivity index (χ0v) is 11.4. The van der Waals surface area contributed by atoms with E-state index in [0.717, 1.165) is 18.4 Å². The van der Waals surface area contributed by atoms with Gasteiger partial charge in [0.15, 0.2) is 0 Å². The topological polar surface area (TPSA) is 55.1 Å². The lowest BCUT2D eigenvalue weighted by Crippen LogP contribution is -2.55. The van der Waals surface area contributed by atoms with Crippen LogP contribution in [0.25, 0.3) is 0 Å². The number of hydrogen-bond donors (Lipinski definition) is 2. The van der Waals surface area contributed by atoms with E-state index in [1.165, 1.54) is 12.1 Å². The van der Waals surface area contributed by atoms with E-state index in [0.29, 0.717) is 12.3 Å². The smallest absolute Gasteiger partial charge is 0.240 e.